The molecule has 0 unspecified atom stereocenters. The average Bonchev–Trinajstić information content (AvgIpc) is 2.29. The van der Waals surface area contributed by atoms with Crippen molar-refractivity contribution in [1.29, 1.82) is 0 Å². The van der Waals surface area contributed by atoms with Crippen LogP contribution >= 0.6 is 11.8 Å². The second-order valence-electron chi connectivity index (χ2n) is 4.24. The molecule has 98 valence electrons. The molecule has 0 saturated heterocycles. The van der Waals surface area contributed by atoms with E-state index in [2.05, 4.69) is 5.32 Å². The van der Waals surface area contributed by atoms with Crippen molar-refractivity contribution in [1.82, 2.24) is 0 Å². The fourth-order valence-corrected chi connectivity index (χ4v) is 1.92. The van der Waals surface area contributed by atoms with Crippen LogP contribution in [0.1, 0.15) is 29.8 Å². The van der Waals surface area contributed by atoms with Crippen molar-refractivity contribution in [2.24, 2.45) is 0 Å². The molecule has 5 heteroatoms. The van der Waals surface area contributed by atoms with Gasteiger partial charge >= 0.3 is 5.97 Å². The van der Waals surface area contributed by atoms with Crippen LogP contribution in [0.15, 0.2) is 18.2 Å². The van der Waals surface area contributed by atoms with Gasteiger partial charge in [-0.15, -0.1) is 11.8 Å². The van der Waals surface area contributed by atoms with Gasteiger partial charge in [-0.1, -0.05) is 13.8 Å². The highest BCUT2D eigenvalue weighted by molar-refractivity contribution is 8.00. The summed E-state index contributed by atoms with van der Waals surface area (Å²) in [6, 6.07) is 4.66. The topological polar surface area (TPSA) is 66.4 Å². The average molecular weight is 267 g/mol. The maximum absolute atomic E-state index is 11.6. The summed E-state index contributed by atoms with van der Waals surface area (Å²) in [5, 5.41) is 12.0. The van der Waals surface area contributed by atoms with Gasteiger partial charge in [-0.3, -0.25) is 4.79 Å². The molecule has 0 fully saturated rings. The molecule has 0 saturated carbocycles. The summed E-state index contributed by atoms with van der Waals surface area (Å²) >= 11 is 1.57. The Bertz CT molecular complexity index is 458. The van der Waals surface area contributed by atoms with E-state index in [1.165, 1.54) is 6.07 Å². The maximum atomic E-state index is 11.6. The number of carbonyl (C=O) groups excluding carboxylic acids is 1. The number of anilines is 1. The minimum atomic E-state index is -0.966. The molecule has 1 aromatic rings. The van der Waals surface area contributed by atoms with Gasteiger partial charge in [0.1, 0.15) is 0 Å². The number of hydrogen-bond acceptors (Lipinski definition) is 3. The van der Waals surface area contributed by atoms with Crippen LogP contribution in [0.25, 0.3) is 0 Å². The molecule has 1 rings (SSSR count). The highest BCUT2D eigenvalue weighted by Crippen LogP contribution is 2.17. The molecular formula is C13H17NO3S. The van der Waals surface area contributed by atoms with E-state index in [-0.39, 0.29) is 11.5 Å². The van der Waals surface area contributed by atoms with Crippen LogP contribution in [0.4, 0.5) is 5.69 Å². The van der Waals surface area contributed by atoms with E-state index in [9.17, 15) is 9.59 Å². The van der Waals surface area contributed by atoms with Crippen LogP contribution in [0.5, 0.6) is 0 Å². The third kappa shape index (κ3) is 4.41. The van der Waals surface area contributed by atoms with Gasteiger partial charge in [-0.05, 0) is 35.9 Å². The molecule has 0 heterocycles. The van der Waals surface area contributed by atoms with Crippen molar-refractivity contribution in [2.45, 2.75) is 26.0 Å². The molecular weight excluding hydrogens is 250 g/mol. The minimum absolute atomic E-state index is 0.0696. The molecule has 0 spiro atoms. The first kappa shape index (κ1) is 14.6. The standard InChI is InChI=1S/C13H17NO3S/c1-8(2)18-7-12(15)14-11-5-4-10(13(16)17)6-9(11)3/h4-6,8H,7H2,1-3H3,(H,14,15)(H,16,17). The highest BCUT2D eigenvalue weighted by atomic mass is 32.2. The zero-order valence-electron chi connectivity index (χ0n) is 10.7. The van der Waals surface area contributed by atoms with Gasteiger partial charge in [0.25, 0.3) is 0 Å². The van der Waals surface area contributed by atoms with E-state index < -0.39 is 5.97 Å². The first-order valence-corrected chi connectivity index (χ1v) is 6.70. The SMILES string of the molecule is Cc1cc(C(=O)O)ccc1NC(=O)CSC(C)C. The number of rotatable bonds is 5. The summed E-state index contributed by atoms with van der Waals surface area (Å²) in [7, 11) is 0. The second-order valence-corrected chi connectivity index (χ2v) is 5.81. The molecule has 0 aliphatic carbocycles. The Labute approximate surface area is 111 Å². The molecule has 4 nitrogen and oxygen atoms in total. The predicted molar refractivity (Wildman–Crippen MR) is 74.4 cm³/mol. The van der Waals surface area contributed by atoms with Gasteiger partial charge in [0.15, 0.2) is 0 Å². The molecule has 0 aliphatic rings. The van der Waals surface area contributed by atoms with Crippen LogP contribution in [0, 0.1) is 6.92 Å². The fourth-order valence-electron chi connectivity index (χ4n) is 1.37. The molecule has 18 heavy (non-hydrogen) atoms. The van der Waals surface area contributed by atoms with Crippen molar-refractivity contribution in [3.63, 3.8) is 0 Å². The van der Waals surface area contributed by atoms with Gasteiger partial charge in [0.05, 0.1) is 11.3 Å². The maximum Gasteiger partial charge on any atom is 0.335 e. The van der Waals surface area contributed by atoms with Crippen LogP contribution in [-0.4, -0.2) is 28.0 Å². The Morgan fingerprint density at radius 2 is 2.06 bits per heavy atom. The second kappa shape index (κ2) is 6.44. The molecule has 0 aliphatic heterocycles. The lowest BCUT2D eigenvalue weighted by atomic mass is 10.1. The zero-order valence-corrected chi connectivity index (χ0v) is 11.5. The molecule has 1 aromatic carbocycles. The van der Waals surface area contributed by atoms with Crippen LogP contribution in [-0.2, 0) is 4.79 Å². The van der Waals surface area contributed by atoms with E-state index in [1.54, 1.807) is 30.8 Å². The molecule has 0 aromatic heterocycles. The number of carboxylic acid groups (broad SMARTS) is 1. The van der Waals surface area contributed by atoms with E-state index in [4.69, 9.17) is 5.11 Å². The summed E-state index contributed by atoms with van der Waals surface area (Å²) in [4.78, 5) is 22.4. The smallest absolute Gasteiger partial charge is 0.335 e. The van der Waals surface area contributed by atoms with Gasteiger partial charge in [0.2, 0.25) is 5.91 Å². The number of carboxylic acids is 1. The van der Waals surface area contributed by atoms with Crippen LogP contribution in [0.2, 0.25) is 0 Å². The van der Waals surface area contributed by atoms with Gasteiger partial charge in [-0.2, -0.15) is 0 Å². The monoisotopic (exact) mass is 267 g/mol. The molecule has 2 N–H and O–H groups in total. The predicted octanol–water partition coefficient (Wildman–Crippen LogP) is 2.77. The van der Waals surface area contributed by atoms with E-state index in [0.717, 1.165) is 5.56 Å². The summed E-state index contributed by atoms with van der Waals surface area (Å²) in [5.74, 6) is -0.635. The summed E-state index contributed by atoms with van der Waals surface area (Å²) in [5.41, 5.74) is 1.63. The lowest BCUT2D eigenvalue weighted by Gasteiger charge is -2.09. The molecule has 1 amide bonds. The summed E-state index contributed by atoms with van der Waals surface area (Å²) in [6.45, 7) is 5.84. The molecule has 0 bridgehead atoms. The number of carbonyl (C=O) groups is 2. The number of amides is 1. The summed E-state index contributed by atoms with van der Waals surface area (Å²) < 4.78 is 0. The van der Waals surface area contributed by atoms with E-state index in [0.29, 0.717) is 16.7 Å². The van der Waals surface area contributed by atoms with Crippen molar-refractivity contribution in [3.8, 4) is 0 Å². The molecule has 0 radical (unpaired) electrons. The van der Waals surface area contributed by atoms with Gasteiger partial charge in [-0.25, -0.2) is 4.79 Å². The largest absolute Gasteiger partial charge is 0.478 e. The number of hydrogen-bond donors (Lipinski definition) is 2. The van der Waals surface area contributed by atoms with E-state index >= 15 is 0 Å². The van der Waals surface area contributed by atoms with Crippen LogP contribution in [0.3, 0.4) is 0 Å². The van der Waals surface area contributed by atoms with Gasteiger partial charge in [0, 0.05) is 5.69 Å². The summed E-state index contributed by atoms with van der Waals surface area (Å²) in [6.07, 6.45) is 0. The van der Waals surface area contributed by atoms with Crippen LogP contribution < -0.4 is 5.32 Å². The number of nitrogens with one attached hydrogen (secondary N) is 1. The Morgan fingerprint density at radius 3 is 2.56 bits per heavy atom. The lowest BCUT2D eigenvalue weighted by molar-refractivity contribution is -0.113. The Balaban J connectivity index is 2.68. The molecule has 0 atom stereocenters. The van der Waals surface area contributed by atoms with Gasteiger partial charge < -0.3 is 10.4 Å². The van der Waals surface area contributed by atoms with Crippen molar-refractivity contribution in [3.05, 3.63) is 29.3 Å². The number of thioether (sulfide) groups is 1. The number of aryl methyl sites for hydroxylation is 1. The quantitative estimate of drug-likeness (QED) is 0.861. The fraction of sp³-hybridized carbons (Fsp3) is 0.385. The minimum Gasteiger partial charge on any atom is -0.478 e. The van der Waals surface area contributed by atoms with E-state index in [1.807, 2.05) is 13.8 Å². The zero-order chi connectivity index (χ0) is 13.7. The third-order valence-corrected chi connectivity index (χ3v) is 3.39. The Hall–Kier alpha value is -1.49. The van der Waals surface area contributed by atoms with Crippen molar-refractivity contribution >= 4 is 29.3 Å². The third-order valence-electron chi connectivity index (χ3n) is 2.30. The highest BCUT2D eigenvalue weighted by Gasteiger charge is 2.09. The lowest BCUT2D eigenvalue weighted by Crippen LogP contribution is -2.16. The first-order valence-electron chi connectivity index (χ1n) is 5.65. The van der Waals surface area contributed by atoms with Crippen molar-refractivity contribution < 1.29 is 14.7 Å². The Morgan fingerprint density at radius 1 is 1.39 bits per heavy atom. The number of benzene rings is 1. The normalized spacial score (nSPS) is 10.4. The van der Waals surface area contributed by atoms with Crippen molar-refractivity contribution in [2.75, 3.05) is 11.1 Å². The first-order chi connectivity index (χ1) is 8.40. The number of aromatic carboxylic acids is 1. The Kier molecular flexibility index (Phi) is 5.22.